The Hall–Kier alpha value is -1.01. The first-order chi connectivity index (χ1) is 6.85. The molecule has 0 rings (SSSR count). The van der Waals surface area contributed by atoms with E-state index in [1.54, 1.807) is 0 Å². The van der Waals surface area contributed by atoms with Gasteiger partial charge in [-0.2, -0.15) is 0 Å². The van der Waals surface area contributed by atoms with Crippen LogP contribution in [0.2, 0.25) is 0 Å². The molecule has 0 aromatic rings. The van der Waals surface area contributed by atoms with Gasteiger partial charge >= 0.3 is 0 Å². The molecule has 0 aliphatic heterocycles. The normalized spacial score (nSPS) is 11.5. The van der Waals surface area contributed by atoms with Crippen molar-refractivity contribution in [3.63, 3.8) is 0 Å². The molecule has 1 unspecified atom stereocenters. The van der Waals surface area contributed by atoms with Gasteiger partial charge in [-0.15, -0.1) is 5.73 Å². The van der Waals surface area contributed by atoms with Crippen LogP contribution in [0.1, 0.15) is 39.0 Å². The van der Waals surface area contributed by atoms with Gasteiger partial charge in [0.15, 0.2) is 0 Å². The molecule has 0 fully saturated rings. The van der Waals surface area contributed by atoms with Crippen LogP contribution in [0.4, 0.5) is 0 Å². The first-order valence-electron chi connectivity index (χ1n) is 5.26. The second kappa shape index (κ2) is 10.1. The Bertz CT molecular complexity index is 181. The third kappa shape index (κ3) is 7.63. The lowest BCUT2D eigenvalue weighted by molar-refractivity contribution is -0.129. The summed E-state index contributed by atoms with van der Waals surface area (Å²) in [4.78, 5) is 10.0. The van der Waals surface area contributed by atoms with E-state index in [2.05, 4.69) is 19.2 Å². The van der Waals surface area contributed by atoms with Gasteiger partial charge in [0, 0.05) is 5.92 Å². The zero-order valence-corrected chi connectivity index (χ0v) is 9.00. The lowest BCUT2D eigenvalue weighted by Gasteiger charge is -2.09. The van der Waals surface area contributed by atoms with E-state index >= 15 is 0 Å². The molecule has 0 aliphatic rings. The van der Waals surface area contributed by atoms with E-state index in [-0.39, 0.29) is 5.92 Å². The quantitative estimate of drug-likeness (QED) is 0.322. The first kappa shape index (κ1) is 13.0. The molecule has 0 heterocycles. The van der Waals surface area contributed by atoms with Gasteiger partial charge in [0.05, 0.1) is 6.61 Å². The summed E-state index contributed by atoms with van der Waals surface area (Å²) in [5.74, 6) is 0.287. The lowest BCUT2D eigenvalue weighted by Crippen LogP contribution is -2.06. The Morgan fingerprint density at radius 2 is 2.21 bits per heavy atom. The Morgan fingerprint density at radius 1 is 1.43 bits per heavy atom. The van der Waals surface area contributed by atoms with E-state index in [0.29, 0.717) is 13.1 Å². The fourth-order valence-corrected chi connectivity index (χ4v) is 1.38. The molecule has 0 saturated carbocycles. The van der Waals surface area contributed by atoms with Crippen molar-refractivity contribution in [2.24, 2.45) is 5.92 Å². The molecule has 2 nitrogen and oxygen atoms in total. The summed E-state index contributed by atoms with van der Waals surface area (Å²) in [6, 6.07) is 0. The molecule has 1 atom stereocenters. The summed E-state index contributed by atoms with van der Waals surface area (Å²) in [7, 11) is 0. The van der Waals surface area contributed by atoms with Crippen LogP contribution in [0, 0.1) is 5.92 Å². The summed E-state index contributed by atoms with van der Waals surface area (Å²) in [5.41, 5.74) is 2.75. The Balaban J connectivity index is 3.61. The maximum absolute atomic E-state index is 10.0. The molecule has 0 bridgehead atoms. The maximum atomic E-state index is 10.0. The van der Waals surface area contributed by atoms with Crippen molar-refractivity contribution in [3.8, 4) is 0 Å². The van der Waals surface area contributed by atoms with Crippen molar-refractivity contribution in [1.82, 2.24) is 0 Å². The number of rotatable bonds is 9. The smallest absolute Gasteiger partial charge is 0.293 e. The minimum absolute atomic E-state index is 0.287. The topological polar surface area (TPSA) is 26.3 Å². The highest BCUT2D eigenvalue weighted by molar-refractivity contribution is 5.36. The van der Waals surface area contributed by atoms with Crippen molar-refractivity contribution >= 4 is 6.47 Å². The lowest BCUT2D eigenvalue weighted by atomic mass is 10.0. The largest absolute Gasteiger partial charge is 0.467 e. The molecule has 0 aromatic carbocycles. The van der Waals surface area contributed by atoms with E-state index in [0.717, 1.165) is 6.42 Å². The van der Waals surface area contributed by atoms with Gasteiger partial charge in [0.1, 0.15) is 0 Å². The van der Waals surface area contributed by atoms with Crippen LogP contribution >= 0.6 is 0 Å². The number of hydrogen-bond donors (Lipinski definition) is 0. The molecule has 0 saturated heterocycles. The van der Waals surface area contributed by atoms with E-state index in [1.165, 1.54) is 25.7 Å². The predicted molar refractivity (Wildman–Crippen MR) is 58.0 cm³/mol. The van der Waals surface area contributed by atoms with Crippen molar-refractivity contribution in [2.75, 3.05) is 6.61 Å². The summed E-state index contributed by atoms with van der Waals surface area (Å²) >= 11 is 0. The highest BCUT2D eigenvalue weighted by Crippen LogP contribution is 2.12. The van der Waals surface area contributed by atoms with Crippen LogP contribution < -0.4 is 0 Å². The molecule has 14 heavy (non-hydrogen) atoms. The second-order valence-electron chi connectivity index (χ2n) is 3.41. The van der Waals surface area contributed by atoms with Crippen molar-refractivity contribution in [3.05, 3.63) is 18.4 Å². The average Bonchev–Trinajstić information content (AvgIpc) is 2.20. The summed E-state index contributed by atoms with van der Waals surface area (Å²) in [5, 5.41) is 0. The zero-order chi connectivity index (χ0) is 10.6. The molecule has 0 radical (unpaired) electrons. The number of ether oxygens (including phenoxy) is 1. The standard InChI is InChI=1S/C12H20O2/c1-3-5-6-7-9-12(8-4-2)10-14-11-13/h8,11-12H,2-3,5-7,9-10H2,1H3. The third-order valence-electron chi connectivity index (χ3n) is 2.16. The predicted octanol–water partition coefficient (Wildman–Crippen LogP) is 3.09. The van der Waals surface area contributed by atoms with Gasteiger partial charge in [0.25, 0.3) is 6.47 Å². The van der Waals surface area contributed by atoms with Crippen molar-refractivity contribution in [2.45, 2.75) is 39.0 Å². The Kier molecular flexibility index (Phi) is 9.35. The molecular formula is C12H20O2. The maximum Gasteiger partial charge on any atom is 0.293 e. The van der Waals surface area contributed by atoms with E-state index in [9.17, 15) is 4.79 Å². The Labute approximate surface area is 86.6 Å². The summed E-state index contributed by atoms with van der Waals surface area (Å²) in [6.07, 6.45) is 7.88. The van der Waals surface area contributed by atoms with Crippen LogP contribution in [-0.4, -0.2) is 13.1 Å². The number of carbonyl (C=O) groups excluding carboxylic acids is 1. The van der Waals surface area contributed by atoms with Crippen LogP contribution in [0.3, 0.4) is 0 Å². The fourth-order valence-electron chi connectivity index (χ4n) is 1.38. The highest BCUT2D eigenvalue weighted by Gasteiger charge is 2.04. The minimum atomic E-state index is 0.287. The minimum Gasteiger partial charge on any atom is -0.467 e. The summed E-state index contributed by atoms with van der Waals surface area (Å²) < 4.78 is 4.73. The molecule has 0 aliphatic carbocycles. The SMILES string of the molecule is C=C=CC(CCCCCC)COC=O. The number of hydrogen-bond acceptors (Lipinski definition) is 2. The summed E-state index contributed by atoms with van der Waals surface area (Å²) in [6.45, 7) is 6.67. The molecule has 0 spiro atoms. The van der Waals surface area contributed by atoms with Crippen LogP contribution in [0.25, 0.3) is 0 Å². The molecule has 2 heteroatoms. The van der Waals surface area contributed by atoms with Gasteiger partial charge < -0.3 is 4.74 Å². The van der Waals surface area contributed by atoms with Gasteiger partial charge in [-0.05, 0) is 12.5 Å². The van der Waals surface area contributed by atoms with E-state index in [4.69, 9.17) is 4.74 Å². The molecule has 0 aromatic heterocycles. The first-order valence-corrected chi connectivity index (χ1v) is 5.26. The van der Waals surface area contributed by atoms with Crippen LogP contribution in [0.5, 0.6) is 0 Å². The monoisotopic (exact) mass is 196 g/mol. The third-order valence-corrected chi connectivity index (χ3v) is 2.16. The average molecular weight is 196 g/mol. The van der Waals surface area contributed by atoms with Crippen LogP contribution in [-0.2, 0) is 9.53 Å². The molecular weight excluding hydrogens is 176 g/mol. The van der Waals surface area contributed by atoms with Gasteiger partial charge in [0.2, 0.25) is 0 Å². The van der Waals surface area contributed by atoms with Crippen LogP contribution in [0.15, 0.2) is 18.4 Å². The van der Waals surface area contributed by atoms with E-state index in [1.807, 2.05) is 6.08 Å². The second-order valence-corrected chi connectivity index (χ2v) is 3.41. The zero-order valence-electron chi connectivity index (χ0n) is 9.00. The molecule has 0 N–H and O–H groups in total. The highest BCUT2D eigenvalue weighted by atomic mass is 16.5. The van der Waals surface area contributed by atoms with Gasteiger partial charge in [-0.25, -0.2) is 0 Å². The van der Waals surface area contributed by atoms with Crippen molar-refractivity contribution in [1.29, 1.82) is 0 Å². The van der Waals surface area contributed by atoms with Crippen molar-refractivity contribution < 1.29 is 9.53 Å². The number of carbonyl (C=O) groups is 1. The molecule has 80 valence electrons. The van der Waals surface area contributed by atoms with Gasteiger partial charge in [-0.3, -0.25) is 4.79 Å². The Morgan fingerprint density at radius 3 is 2.79 bits per heavy atom. The van der Waals surface area contributed by atoms with E-state index < -0.39 is 0 Å². The van der Waals surface area contributed by atoms with Gasteiger partial charge in [-0.1, -0.05) is 39.2 Å². The fraction of sp³-hybridized carbons (Fsp3) is 0.667. The molecule has 0 amide bonds. The number of unbranched alkanes of at least 4 members (excludes halogenated alkanes) is 3.